The molecule has 1 N–H and O–H groups in total. The highest BCUT2D eigenvalue weighted by Crippen LogP contribution is 2.23. The van der Waals surface area contributed by atoms with Crippen LogP contribution < -0.4 is 9.47 Å². The molecule has 0 fully saturated rings. The van der Waals surface area contributed by atoms with Crippen LogP contribution in [0.1, 0.15) is 5.82 Å². The molecule has 0 aliphatic carbocycles. The van der Waals surface area contributed by atoms with Crippen LogP contribution in [-0.2, 0) is 6.61 Å². The van der Waals surface area contributed by atoms with E-state index in [1.807, 2.05) is 54.6 Å². The van der Waals surface area contributed by atoms with Crippen molar-refractivity contribution in [3.05, 3.63) is 60.4 Å². The van der Waals surface area contributed by atoms with E-state index in [1.165, 1.54) is 0 Å². The third-order valence-electron chi connectivity index (χ3n) is 2.56. The van der Waals surface area contributed by atoms with Crippen molar-refractivity contribution in [1.82, 2.24) is 20.6 Å². The van der Waals surface area contributed by atoms with E-state index < -0.39 is 0 Å². The van der Waals surface area contributed by atoms with Gasteiger partial charge in [0.15, 0.2) is 6.61 Å². The van der Waals surface area contributed by atoms with Crippen molar-refractivity contribution in [3.63, 3.8) is 0 Å². The van der Waals surface area contributed by atoms with Gasteiger partial charge in [-0.3, -0.25) is 0 Å². The van der Waals surface area contributed by atoms with E-state index in [9.17, 15) is 0 Å². The van der Waals surface area contributed by atoms with Crippen molar-refractivity contribution in [2.45, 2.75) is 6.61 Å². The average Bonchev–Trinajstić information content (AvgIpc) is 3.01. The smallest absolute Gasteiger partial charge is 0.211 e. The lowest BCUT2D eigenvalue weighted by Gasteiger charge is -2.07. The Kier molecular flexibility index (Phi) is 3.55. The van der Waals surface area contributed by atoms with Crippen molar-refractivity contribution in [1.29, 1.82) is 0 Å². The molecule has 2 aromatic carbocycles. The summed E-state index contributed by atoms with van der Waals surface area (Å²) in [4.78, 5) is 0. The van der Waals surface area contributed by atoms with Crippen LogP contribution in [0.15, 0.2) is 54.6 Å². The molecule has 0 saturated carbocycles. The number of H-pyrrole nitrogens is 1. The second-order valence-electron chi connectivity index (χ2n) is 4.00. The lowest BCUT2D eigenvalue weighted by atomic mass is 10.3. The van der Waals surface area contributed by atoms with Gasteiger partial charge >= 0.3 is 0 Å². The summed E-state index contributed by atoms with van der Waals surface area (Å²) in [5, 5.41) is 13.4. The van der Waals surface area contributed by atoms with Crippen molar-refractivity contribution in [2.24, 2.45) is 0 Å². The first kappa shape index (κ1) is 12.2. The average molecular weight is 268 g/mol. The molecular formula is C14H12N4O2. The third kappa shape index (κ3) is 3.11. The predicted molar refractivity (Wildman–Crippen MR) is 71.5 cm³/mol. The standard InChI is InChI=1S/C14H12N4O2/c1-2-4-12(5-3-1)20-13-8-6-11(7-9-13)19-10-14-15-17-18-16-14/h1-9H,10H2,(H,15,16,17,18). The van der Waals surface area contributed by atoms with Crippen LogP contribution >= 0.6 is 0 Å². The fourth-order valence-electron chi connectivity index (χ4n) is 1.62. The van der Waals surface area contributed by atoms with Crippen LogP contribution in [0, 0.1) is 0 Å². The molecule has 0 atom stereocenters. The maximum absolute atomic E-state index is 5.69. The molecule has 6 heteroatoms. The van der Waals surface area contributed by atoms with Crippen LogP contribution in [-0.4, -0.2) is 20.6 Å². The number of benzene rings is 2. The van der Waals surface area contributed by atoms with Crippen molar-refractivity contribution < 1.29 is 9.47 Å². The van der Waals surface area contributed by atoms with E-state index in [0.29, 0.717) is 5.82 Å². The number of aromatic amines is 1. The minimum Gasteiger partial charge on any atom is -0.485 e. The minimum atomic E-state index is 0.273. The number of ether oxygens (including phenoxy) is 2. The Labute approximate surface area is 115 Å². The molecular weight excluding hydrogens is 256 g/mol. The van der Waals surface area contributed by atoms with Crippen molar-refractivity contribution >= 4 is 0 Å². The van der Waals surface area contributed by atoms with Crippen LogP contribution in [0.25, 0.3) is 0 Å². The molecule has 100 valence electrons. The summed E-state index contributed by atoms with van der Waals surface area (Å²) in [6.45, 7) is 0.273. The number of para-hydroxylation sites is 1. The van der Waals surface area contributed by atoms with Gasteiger partial charge in [0.05, 0.1) is 0 Å². The highest BCUT2D eigenvalue weighted by molar-refractivity contribution is 5.35. The maximum atomic E-state index is 5.69. The Morgan fingerprint density at radius 3 is 2.25 bits per heavy atom. The van der Waals surface area contributed by atoms with Gasteiger partial charge in [0.2, 0.25) is 5.82 Å². The van der Waals surface area contributed by atoms with E-state index >= 15 is 0 Å². The minimum absolute atomic E-state index is 0.273. The first-order valence-corrected chi connectivity index (χ1v) is 6.08. The number of hydrogen-bond donors (Lipinski definition) is 1. The number of rotatable bonds is 5. The molecule has 0 bridgehead atoms. The van der Waals surface area contributed by atoms with Gasteiger partial charge in [-0.05, 0) is 36.4 Å². The van der Waals surface area contributed by atoms with E-state index in [4.69, 9.17) is 9.47 Å². The Morgan fingerprint density at radius 1 is 0.850 bits per heavy atom. The van der Waals surface area contributed by atoms with Gasteiger partial charge in [-0.15, -0.1) is 10.2 Å². The normalized spacial score (nSPS) is 10.2. The SMILES string of the molecule is c1ccc(Oc2ccc(OCc3nn[nH]n3)cc2)cc1. The third-order valence-corrected chi connectivity index (χ3v) is 2.56. The topological polar surface area (TPSA) is 72.9 Å². The maximum Gasteiger partial charge on any atom is 0.211 e. The monoisotopic (exact) mass is 268 g/mol. The largest absolute Gasteiger partial charge is 0.485 e. The van der Waals surface area contributed by atoms with E-state index in [2.05, 4.69) is 20.6 Å². The Morgan fingerprint density at radius 2 is 1.55 bits per heavy atom. The lowest BCUT2D eigenvalue weighted by Crippen LogP contribution is -1.97. The zero-order valence-electron chi connectivity index (χ0n) is 10.6. The molecule has 0 amide bonds. The molecule has 1 aromatic heterocycles. The zero-order valence-corrected chi connectivity index (χ0v) is 10.6. The number of tetrazole rings is 1. The number of nitrogens with one attached hydrogen (secondary N) is 1. The van der Waals surface area contributed by atoms with Gasteiger partial charge in [-0.2, -0.15) is 5.21 Å². The molecule has 3 aromatic rings. The second kappa shape index (κ2) is 5.83. The van der Waals surface area contributed by atoms with Gasteiger partial charge in [0.1, 0.15) is 17.2 Å². The van der Waals surface area contributed by atoms with Gasteiger partial charge in [-0.25, -0.2) is 0 Å². The van der Waals surface area contributed by atoms with Crippen LogP contribution in [0.4, 0.5) is 0 Å². The Hall–Kier alpha value is -2.89. The number of aromatic nitrogens is 4. The predicted octanol–water partition coefficient (Wildman–Crippen LogP) is 2.57. The van der Waals surface area contributed by atoms with Crippen molar-refractivity contribution in [2.75, 3.05) is 0 Å². The van der Waals surface area contributed by atoms with E-state index in [0.717, 1.165) is 17.2 Å². The molecule has 1 heterocycles. The number of hydrogen-bond acceptors (Lipinski definition) is 5. The summed E-state index contributed by atoms with van der Waals surface area (Å²) >= 11 is 0. The fourth-order valence-corrected chi connectivity index (χ4v) is 1.62. The Balaban J connectivity index is 1.60. The van der Waals surface area contributed by atoms with E-state index in [1.54, 1.807) is 0 Å². The molecule has 0 aliphatic heterocycles. The van der Waals surface area contributed by atoms with Gasteiger partial charge in [-0.1, -0.05) is 23.4 Å². The summed E-state index contributed by atoms with van der Waals surface area (Å²) in [6, 6.07) is 17.0. The Bertz CT molecular complexity index is 639. The molecule has 0 spiro atoms. The van der Waals surface area contributed by atoms with Crippen LogP contribution in [0.5, 0.6) is 17.2 Å². The molecule has 0 aliphatic rings. The summed E-state index contributed by atoms with van der Waals surface area (Å²) in [5.41, 5.74) is 0. The number of nitrogens with zero attached hydrogens (tertiary/aromatic N) is 3. The fraction of sp³-hybridized carbons (Fsp3) is 0.0714. The molecule has 3 rings (SSSR count). The molecule has 20 heavy (non-hydrogen) atoms. The van der Waals surface area contributed by atoms with Gasteiger partial charge < -0.3 is 9.47 Å². The van der Waals surface area contributed by atoms with Gasteiger partial charge in [0, 0.05) is 0 Å². The summed E-state index contributed by atoms with van der Waals surface area (Å²) in [5.74, 6) is 2.78. The molecule has 0 saturated heterocycles. The highest BCUT2D eigenvalue weighted by atomic mass is 16.5. The quantitative estimate of drug-likeness (QED) is 0.769. The first-order chi connectivity index (χ1) is 9.90. The van der Waals surface area contributed by atoms with Crippen LogP contribution in [0.2, 0.25) is 0 Å². The summed E-state index contributed by atoms with van der Waals surface area (Å²) in [7, 11) is 0. The summed E-state index contributed by atoms with van der Waals surface area (Å²) in [6.07, 6.45) is 0. The van der Waals surface area contributed by atoms with Gasteiger partial charge in [0.25, 0.3) is 0 Å². The summed E-state index contributed by atoms with van der Waals surface area (Å²) < 4.78 is 11.2. The van der Waals surface area contributed by atoms with Crippen LogP contribution in [0.3, 0.4) is 0 Å². The van der Waals surface area contributed by atoms with Crippen molar-refractivity contribution in [3.8, 4) is 17.2 Å². The first-order valence-electron chi connectivity index (χ1n) is 6.08. The molecule has 6 nitrogen and oxygen atoms in total. The highest BCUT2D eigenvalue weighted by Gasteiger charge is 2.01. The zero-order chi connectivity index (χ0) is 13.6. The molecule has 0 radical (unpaired) electrons. The molecule has 0 unspecified atom stereocenters. The second-order valence-corrected chi connectivity index (χ2v) is 4.00. The van der Waals surface area contributed by atoms with E-state index in [-0.39, 0.29) is 6.61 Å². The lowest BCUT2D eigenvalue weighted by molar-refractivity contribution is 0.295.